The van der Waals surface area contributed by atoms with Gasteiger partial charge in [-0.1, -0.05) is 164 Å². The van der Waals surface area contributed by atoms with Crippen molar-refractivity contribution in [3.05, 3.63) is 193 Å². The smallest absolute Gasteiger partial charge is 0.00262 e. The van der Waals surface area contributed by atoms with Crippen LogP contribution in [0.25, 0.3) is 88.6 Å². The standard InChI is InChI=1S/C49H34/c1-33-23-25-40(32-47(33)42-18-8-7-15-35(42)26-24-34-13-3-2-4-14-34)49-45-21-11-9-19-43(45)48(44-20-10-12-22-46(44)49)39-28-27-38-29-36-16-5-6-17-37(36)30-41(38)31-39/h2-32H,1H3/b26-24-. The highest BCUT2D eigenvalue weighted by molar-refractivity contribution is 6.22. The fourth-order valence-corrected chi connectivity index (χ4v) is 7.55. The van der Waals surface area contributed by atoms with Crippen LogP contribution in [0.4, 0.5) is 0 Å². The molecule has 0 fully saturated rings. The van der Waals surface area contributed by atoms with Gasteiger partial charge < -0.3 is 0 Å². The fourth-order valence-electron chi connectivity index (χ4n) is 7.55. The molecule has 0 N–H and O–H groups in total. The SMILES string of the molecule is Cc1ccc(-c2c3ccccc3c(-c3ccc4cc5ccccc5cc4c3)c3ccccc23)cc1-c1ccccc1/C=C\c1ccccc1. The van der Waals surface area contributed by atoms with E-state index in [4.69, 9.17) is 0 Å². The van der Waals surface area contributed by atoms with Crippen molar-refractivity contribution in [2.75, 3.05) is 0 Å². The summed E-state index contributed by atoms with van der Waals surface area (Å²) in [6.45, 7) is 2.22. The van der Waals surface area contributed by atoms with Crippen LogP contribution in [0.5, 0.6) is 0 Å². The minimum absolute atomic E-state index is 1.19. The molecule has 0 aromatic heterocycles. The number of aryl methyl sites for hydroxylation is 1. The molecular formula is C49H34. The summed E-state index contributed by atoms with van der Waals surface area (Å²) in [6, 6.07) is 64.3. The molecule has 230 valence electrons. The summed E-state index contributed by atoms with van der Waals surface area (Å²) in [7, 11) is 0. The first-order chi connectivity index (χ1) is 24.2. The largest absolute Gasteiger partial charge is 0.0622 e. The van der Waals surface area contributed by atoms with Crippen molar-refractivity contribution in [2.45, 2.75) is 6.92 Å². The first-order valence-electron chi connectivity index (χ1n) is 17.0. The second-order valence-electron chi connectivity index (χ2n) is 13.0. The van der Waals surface area contributed by atoms with Gasteiger partial charge in [0.25, 0.3) is 0 Å². The predicted molar refractivity (Wildman–Crippen MR) is 213 cm³/mol. The second kappa shape index (κ2) is 12.1. The maximum absolute atomic E-state index is 2.40. The molecule has 0 aliphatic heterocycles. The van der Waals surface area contributed by atoms with E-state index < -0.39 is 0 Å². The van der Waals surface area contributed by atoms with Gasteiger partial charge in [0, 0.05) is 0 Å². The van der Waals surface area contributed by atoms with E-state index >= 15 is 0 Å². The molecule has 0 amide bonds. The van der Waals surface area contributed by atoms with Crippen LogP contribution in [-0.4, -0.2) is 0 Å². The van der Waals surface area contributed by atoms with E-state index in [0.29, 0.717) is 0 Å². The molecular weight excluding hydrogens is 589 g/mol. The average Bonchev–Trinajstić information content (AvgIpc) is 3.16. The highest BCUT2D eigenvalue weighted by Gasteiger charge is 2.18. The zero-order chi connectivity index (χ0) is 32.7. The lowest BCUT2D eigenvalue weighted by atomic mass is 9.84. The van der Waals surface area contributed by atoms with Crippen LogP contribution in [0.2, 0.25) is 0 Å². The summed E-state index contributed by atoms with van der Waals surface area (Å²) in [6.07, 6.45) is 4.44. The number of rotatable bonds is 5. The Hall–Kier alpha value is -6.24. The van der Waals surface area contributed by atoms with Gasteiger partial charge in [-0.2, -0.15) is 0 Å². The lowest BCUT2D eigenvalue weighted by Gasteiger charge is -2.19. The number of fused-ring (bicyclic) bond motifs is 4. The zero-order valence-corrected chi connectivity index (χ0v) is 27.4. The maximum atomic E-state index is 2.40. The Morgan fingerprint density at radius 2 is 0.857 bits per heavy atom. The summed E-state index contributed by atoms with van der Waals surface area (Å²) in [5.41, 5.74) is 11.2. The molecule has 0 heteroatoms. The predicted octanol–water partition coefficient (Wildman–Crippen LogP) is 13.8. The Kier molecular flexibility index (Phi) is 7.14. The van der Waals surface area contributed by atoms with Crippen LogP contribution in [0.15, 0.2) is 176 Å². The summed E-state index contributed by atoms with van der Waals surface area (Å²) in [5.74, 6) is 0. The quantitative estimate of drug-likeness (QED) is 0.132. The van der Waals surface area contributed by atoms with Gasteiger partial charge in [-0.05, 0) is 124 Å². The van der Waals surface area contributed by atoms with Gasteiger partial charge in [-0.15, -0.1) is 0 Å². The molecule has 0 nitrogen and oxygen atoms in total. The van der Waals surface area contributed by atoms with Crippen LogP contribution in [0.3, 0.4) is 0 Å². The van der Waals surface area contributed by atoms with E-state index in [1.54, 1.807) is 0 Å². The van der Waals surface area contributed by atoms with E-state index in [2.05, 4.69) is 195 Å². The zero-order valence-electron chi connectivity index (χ0n) is 27.4. The molecule has 0 radical (unpaired) electrons. The lowest BCUT2D eigenvalue weighted by Crippen LogP contribution is -1.93. The van der Waals surface area contributed by atoms with Gasteiger partial charge in [0.15, 0.2) is 0 Å². The van der Waals surface area contributed by atoms with Crippen molar-refractivity contribution < 1.29 is 0 Å². The van der Waals surface area contributed by atoms with Crippen molar-refractivity contribution in [1.29, 1.82) is 0 Å². The molecule has 9 rings (SSSR count). The molecule has 0 saturated heterocycles. The third-order valence-electron chi connectivity index (χ3n) is 9.96. The van der Waals surface area contributed by atoms with Crippen LogP contribution < -0.4 is 0 Å². The molecule has 9 aromatic rings. The number of hydrogen-bond acceptors (Lipinski definition) is 0. The Morgan fingerprint density at radius 3 is 1.53 bits per heavy atom. The summed E-state index contributed by atoms with van der Waals surface area (Å²) < 4.78 is 0. The molecule has 0 saturated carbocycles. The summed E-state index contributed by atoms with van der Waals surface area (Å²) in [5, 5.41) is 10.1. The molecule has 0 aliphatic carbocycles. The van der Waals surface area contributed by atoms with E-state index in [9.17, 15) is 0 Å². The Labute approximate surface area is 287 Å². The van der Waals surface area contributed by atoms with Gasteiger partial charge in [0.05, 0.1) is 0 Å². The lowest BCUT2D eigenvalue weighted by molar-refractivity contribution is 1.45. The normalized spacial score (nSPS) is 11.7. The van der Waals surface area contributed by atoms with Crippen LogP contribution in [-0.2, 0) is 0 Å². The minimum atomic E-state index is 1.19. The first-order valence-corrected chi connectivity index (χ1v) is 17.0. The minimum Gasteiger partial charge on any atom is -0.0622 e. The fraction of sp³-hybridized carbons (Fsp3) is 0.0204. The van der Waals surface area contributed by atoms with Gasteiger partial charge in [-0.3, -0.25) is 0 Å². The van der Waals surface area contributed by atoms with Gasteiger partial charge in [-0.25, -0.2) is 0 Å². The molecule has 0 atom stereocenters. The molecule has 9 aromatic carbocycles. The average molecular weight is 623 g/mol. The van der Waals surface area contributed by atoms with Gasteiger partial charge >= 0.3 is 0 Å². The summed E-state index contributed by atoms with van der Waals surface area (Å²) >= 11 is 0. The van der Waals surface area contributed by atoms with E-state index in [0.717, 1.165) is 0 Å². The molecule has 0 bridgehead atoms. The van der Waals surface area contributed by atoms with E-state index in [1.807, 2.05) is 0 Å². The Balaban J connectivity index is 1.25. The monoisotopic (exact) mass is 622 g/mol. The molecule has 0 unspecified atom stereocenters. The van der Waals surface area contributed by atoms with Gasteiger partial charge in [0.1, 0.15) is 0 Å². The van der Waals surface area contributed by atoms with Crippen LogP contribution >= 0.6 is 0 Å². The van der Waals surface area contributed by atoms with Crippen LogP contribution in [0.1, 0.15) is 16.7 Å². The Morgan fingerprint density at radius 1 is 0.347 bits per heavy atom. The Bertz CT molecular complexity index is 2650. The van der Waals surface area contributed by atoms with Crippen molar-refractivity contribution >= 4 is 55.2 Å². The summed E-state index contributed by atoms with van der Waals surface area (Å²) in [4.78, 5) is 0. The second-order valence-corrected chi connectivity index (χ2v) is 13.0. The van der Waals surface area contributed by atoms with Crippen LogP contribution in [0, 0.1) is 6.92 Å². The first kappa shape index (κ1) is 28.9. The topological polar surface area (TPSA) is 0 Å². The molecule has 0 heterocycles. The molecule has 49 heavy (non-hydrogen) atoms. The van der Waals surface area contributed by atoms with Crippen molar-refractivity contribution in [3.63, 3.8) is 0 Å². The number of benzene rings is 9. The maximum Gasteiger partial charge on any atom is -0.00262 e. The molecule has 0 aliphatic rings. The highest BCUT2D eigenvalue weighted by atomic mass is 14.2. The van der Waals surface area contributed by atoms with Gasteiger partial charge in [0.2, 0.25) is 0 Å². The highest BCUT2D eigenvalue weighted by Crippen LogP contribution is 2.45. The third kappa shape index (κ3) is 5.19. The van der Waals surface area contributed by atoms with Crippen molar-refractivity contribution in [2.24, 2.45) is 0 Å². The molecule has 0 spiro atoms. The van der Waals surface area contributed by atoms with E-state index in [-0.39, 0.29) is 0 Å². The van der Waals surface area contributed by atoms with Crippen molar-refractivity contribution in [1.82, 2.24) is 0 Å². The number of hydrogen-bond donors (Lipinski definition) is 0. The van der Waals surface area contributed by atoms with Crippen molar-refractivity contribution in [3.8, 4) is 33.4 Å². The third-order valence-corrected chi connectivity index (χ3v) is 9.96. The van der Waals surface area contributed by atoms with E-state index in [1.165, 1.54) is 93.2 Å².